The maximum Gasteiger partial charge on any atom is -1.00 e. The molecule has 0 amide bonds. The molecule has 4 saturated carbocycles. The summed E-state index contributed by atoms with van der Waals surface area (Å²) >= 11 is -2.21. The Bertz CT molecular complexity index is 1270. The van der Waals surface area contributed by atoms with E-state index >= 15 is 0 Å². The fraction of sp³-hybridized carbons (Fsp3) is 0.585. The summed E-state index contributed by atoms with van der Waals surface area (Å²) in [5.74, 6) is 7.83. The van der Waals surface area contributed by atoms with Gasteiger partial charge in [0.05, 0.1) is 0 Å². The van der Waals surface area contributed by atoms with E-state index in [1.165, 1.54) is 83.5 Å². The SMILES string of the molecule is C1=CC[C]([Zr+2](=[C](CC2CCCCC2)CC2CCCCC2)[CH]2C3C=CC=CC3C3C4C=CC=CC4C4C=CC=CC4C32)=C1.[Cl-].[Cl-]. The monoisotopic (exact) mass is 704 g/mol. The van der Waals surface area contributed by atoms with E-state index in [4.69, 9.17) is 0 Å². The molecule has 0 radical (unpaired) electrons. The average molecular weight is 707 g/mol. The van der Waals surface area contributed by atoms with Crippen molar-refractivity contribution in [2.75, 3.05) is 0 Å². The third-order valence-corrected chi connectivity index (χ3v) is 22.1. The molecule has 0 aromatic rings. The summed E-state index contributed by atoms with van der Waals surface area (Å²) in [4.78, 5) is 0. The third-order valence-electron chi connectivity index (χ3n) is 13.1. The molecule has 9 unspecified atom stereocenters. The van der Waals surface area contributed by atoms with Crippen molar-refractivity contribution in [3.63, 3.8) is 0 Å². The van der Waals surface area contributed by atoms with Crippen LogP contribution in [0.4, 0.5) is 0 Å². The Hall–Kier alpha value is -0.747. The number of fused-ring (bicyclic) bond motifs is 8. The molecule has 0 aromatic carbocycles. The maximum absolute atomic E-state index is 2.74. The van der Waals surface area contributed by atoms with E-state index in [0.29, 0.717) is 23.7 Å². The zero-order valence-corrected chi connectivity index (χ0v) is 30.4. The minimum atomic E-state index is -2.21. The topological polar surface area (TPSA) is 0 Å². The molecule has 0 nitrogen and oxygen atoms in total. The van der Waals surface area contributed by atoms with Gasteiger partial charge >= 0.3 is 265 Å². The van der Waals surface area contributed by atoms with Gasteiger partial charge in [-0.3, -0.25) is 0 Å². The molecule has 8 rings (SSSR count). The van der Waals surface area contributed by atoms with Crippen LogP contribution in [-0.4, -0.2) is 3.21 Å². The molecule has 0 N–H and O–H groups in total. The quantitative estimate of drug-likeness (QED) is 0.377. The van der Waals surface area contributed by atoms with Gasteiger partial charge in [0.15, 0.2) is 0 Å². The van der Waals surface area contributed by atoms with E-state index in [1.54, 1.807) is 0 Å². The Morgan fingerprint density at radius 3 is 1.48 bits per heavy atom. The van der Waals surface area contributed by atoms with Crippen molar-refractivity contribution in [3.05, 3.63) is 94.4 Å². The zero-order chi connectivity index (χ0) is 27.9. The Morgan fingerprint density at radius 2 is 0.977 bits per heavy atom. The maximum atomic E-state index is 2.74. The summed E-state index contributed by atoms with van der Waals surface area (Å²) in [7, 11) is 0. The van der Waals surface area contributed by atoms with E-state index < -0.39 is 21.3 Å². The van der Waals surface area contributed by atoms with Gasteiger partial charge in [0.25, 0.3) is 0 Å². The van der Waals surface area contributed by atoms with Crippen molar-refractivity contribution >= 4 is 3.21 Å². The third kappa shape index (κ3) is 6.27. The van der Waals surface area contributed by atoms with Gasteiger partial charge in [-0.25, -0.2) is 0 Å². The van der Waals surface area contributed by atoms with Crippen LogP contribution >= 0.6 is 0 Å². The first-order chi connectivity index (χ1) is 20.9. The van der Waals surface area contributed by atoms with Crippen molar-refractivity contribution < 1.29 is 46.1 Å². The Balaban J connectivity index is 0.00000171. The van der Waals surface area contributed by atoms with Crippen LogP contribution < -0.4 is 24.8 Å². The fourth-order valence-corrected chi connectivity index (χ4v) is 22.6. The first kappa shape index (κ1) is 33.2. The first-order valence-electron chi connectivity index (χ1n) is 18.0. The molecule has 8 aliphatic rings. The van der Waals surface area contributed by atoms with Crippen LogP contribution in [0.15, 0.2) is 94.4 Å². The molecule has 44 heavy (non-hydrogen) atoms. The summed E-state index contributed by atoms with van der Waals surface area (Å²) in [5.41, 5.74) is 0. The predicted octanol–water partition coefficient (Wildman–Crippen LogP) is 4.69. The predicted molar refractivity (Wildman–Crippen MR) is 176 cm³/mol. The van der Waals surface area contributed by atoms with Crippen LogP contribution in [0, 0.1) is 59.2 Å². The molecule has 0 spiro atoms. The number of halogens is 2. The number of allylic oxidation sites excluding steroid dienone is 16. The molecule has 0 aliphatic heterocycles. The molecular weight excluding hydrogens is 655 g/mol. The molecular formula is C41H52Cl2Zr. The van der Waals surface area contributed by atoms with Crippen LogP contribution in [0.5, 0.6) is 0 Å². The minimum Gasteiger partial charge on any atom is -1.00 e. The van der Waals surface area contributed by atoms with Gasteiger partial charge in [-0.05, 0) is 0 Å². The average Bonchev–Trinajstić information content (AvgIpc) is 3.70. The van der Waals surface area contributed by atoms with Crippen LogP contribution in [0.1, 0.15) is 83.5 Å². The summed E-state index contributed by atoms with van der Waals surface area (Å²) in [6.07, 6.45) is 57.3. The van der Waals surface area contributed by atoms with Crippen LogP contribution in [0.25, 0.3) is 0 Å². The van der Waals surface area contributed by atoms with Gasteiger partial charge in [-0.15, -0.1) is 0 Å². The van der Waals surface area contributed by atoms with Gasteiger partial charge < -0.3 is 24.8 Å². The Kier molecular flexibility index (Phi) is 11.3. The van der Waals surface area contributed by atoms with Crippen molar-refractivity contribution in [3.8, 4) is 0 Å². The number of rotatable bonds is 6. The molecule has 234 valence electrons. The van der Waals surface area contributed by atoms with Gasteiger partial charge in [0.1, 0.15) is 0 Å². The van der Waals surface area contributed by atoms with Crippen LogP contribution in [0.2, 0.25) is 3.63 Å². The second kappa shape index (κ2) is 15.0. The summed E-state index contributed by atoms with van der Waals surface area (Å²) in [5, 5.41) is 0. The molecule has 4 fully saturated rings. The molecule has 0 bridgehead atoms. The summed E-state index contributed by atoms with van der Waals surface area (Å²) in [6, 6.07) is 0. The summed E-state index contributed by atoms with van der Waals surface area (Å²) in [6.45, 7) is 0. The van der Waals surface area contributed by atoms with Crippen molar-refractivity contribution in [2.45, 2.75) is 87.1 Å². The number of hydrogen-bond acceptors (Lipinski definition) is 0. The molecule has 0 saturated heterocycles. The van der Waals surface area contributed by atoms with Crippen molar-refractivity contribution in [2.24, 2.45) is 59.2 Å². The molecule has 0 aromatic heterocycles. The van der Waals surface area contributed by atoms with Gasteiger partial charge in [0, 0.05) is 0 Å². The van der Waals surface area contributed by atoms with E-state index in [-0.39, 0.29) is 24.8 Å². The van der Waals surface area contributed by atoms with Gasteiger partial charge in [-0.2, -0.15) is 0 Å². The van der Waals surface area contributed by atoms with Gasteiger partial charge in [-0.1, -0.05) is 0 Å². The van der Waals surface area contributed by atoms with Crippen molar-refractivity contribution in [1.29, 1.82) is 0 Å². The summed E-state index contributed by atoms with van der Waals surface area (Å²) < 4.78 is 5.09. The Labute approximate surface area is 288 Å². The van der Waals surface area contributed by atoms with E-state index in [2.05, 4.69) is 94.3 Å². The van der Waals surface area contributed by atoms with Crippen molar-refractivity contribution in [1.82, 2.24) is 0 Å². The Morgan fingerprint density at radius 1 is 0.523 bits per heavy atom. The second-order valence-corrected chi connectivity index (χ2v) is 22.2. The smallest absolute Gasteiger partial charge is 1.00 e. The fourth-order valence-electron chi connectivity index (χ4n) is 11.5. The van der Waals surface area contributed by atoms with E-state index in [0.717, 1.165) is 39.1 Å². The second-order valence-electron chi connectivity index (χ2n) is 15.2. The number of hydrogen-bond donors (Lipinski definition) is 0. The standard InChI is InChI=1S/C21H21.C15H26.C5H5.2ClH.Zr/c1-2-8-15-14(7-1)13-20-18-11-4-3-9-16(18)17-10-5-6-12-19(17)21(15)20;1-3-8-14(9-4-1)12-7-13-15-10-5-2-6-11-15;1-2-4-5-3-1;;;/h1-21H;14-15H,1-6,8-13H2;1-3H,4H2;2*1H;/q;;;;;+2/p-2. The van der Waals surface area contributed by atoms with E-state index in [9.17, 15) is 0 Å². The molecule has 0 heterocycles. The molecule has 8 aliphatic carbocycles. The normalized spacial score (nSPS) is 38.0. The zero-order valence-electron chi connectivity index (χ0n) is 26.5. The molecule has 9 atom stereocenters. The van der Waals surface area contributed by atoms with E-state index in [1.807, 2.05) is 3.28 Å². The molecule has 3 heteroatoms. The van der Waals surface area contributed by atoms with Crippen LogP contribution in [-0.2, 0) is 21.3 Å². The van der Waals surface area contributed by atoms with Gasteiger partial charge in [0.2, 0.25) is 0 Å². The van der Waals surface area contributed by atoms with Crippen LogP contribution in [0.3, 0.4) is 0 Å². The largest absolute Gasteiger partial charge is 1.00 e. The first-order valence-corrected chi connectivity index (χ1v) is 21.9. The minimum absolute atomic E-state index is 0.